The Morgan fingerprint density at radius 2 is 2.00 bits per heavy atom. The minimum atomic E-state index is -0.616. The molecule has 0 aliphatic rings. The van der Waals surface area contributed by atoms with Crippen molar-refractivity contribution in [2.45, 2.75) is 33.8 Å². The number of hydrogen-bond acceptors (Lipinski definition) is 7. The molecule has 1 N–H and O–H groups in total. The summed E-state index contributed by atoms with van der Waals surface area (Å²) in [7, 11) is 0. The summed E-state index contributed by atoms with van der Waals surface area (Å²) in [6.45, 7) is 6.92. The van der Waals surface area contributed by atoms with Gasteiger partial charge >= 0.3 is 11.9 Å². The highest BCUT2D eigenvalue weighted by atomic mass is 32.1. The Labute approximate surface area is 148 Å². The van der Waals surface area contributed by atoms with E-state index in [1.165, 1.54) is 12.3 Å². The second kappa shape index (κ2) is 7.98. The van der Waals surface area contributed by atoms with Crippen molar-refractivity contribution in [3.8, 4) is 0 Å². The summed E-state index contributed by atoms with van der Waals surface area (Å²) in [5.41, 5.74) is 0.548. The summed E-state index contributed by atoms with van der Waals surface area (Å²) in [5.74, 6) is -1.61. The van der Waals surface area contributed by atoms with Crippen LogP contribution in [0.4, 0.5) is 5.00 Å². The van der Waals surface area contributed by atoms with E-state index < -0.39 is 17.8 Å². The first-order valence-corrected chi connectivity index (χ1v) is 8.53. The van der Waals surface area contributed by atoms with Gasteiger partial charge < -0.3 is 19.2 Å². The highest BCUT2D eigenvalue weighted by molar-refractivity contribution is 7.18. The van der Waals surface area contributed by atoms with E-state index in [9.17, 15) is 14.4 Å². The largest absolute Gasteiger partial charge is 0.462 e. The molecular weight excluding hydrogens is 346 g/mol. The maximum Gasteiger partial charge on any atom is 0.348 e. The van der Waals surface area contributed by atoms with Crippen LogP contribution in [-0.4, -0.2) is 30.6 Å². The van der Waals surface area contributed by atoms with Crippen LogP contribution >= 0.6 is 11.3 Å². The van der Waals surface area contributed by atoms with Crippen molar-refractivity contribution in [1.82, 2.24) is 0 Å². The Bertz CT molecular complexity index is 775. The number of ether oxygens (including phenoxy) is 2. The molecule has 0 aromatic carbocycles. The Morgan fingerprint density at radius 3 is 2.56 bits per heavy atom. The molecule has 2 aromatic rings. The van der Waals surface area contributed by atoms with Crippen molar-refractivity contribution >= 4 is 34.2 Å². The van der Waals surface area contributed by atoms with E-state index in [1.54, 1.807) is 33.8 Å². The minimum absolute atomic E-state index is 0.0900. The highest BCUT2D eigenvalue weighted by Gasteiger charge is 2.28. The number of hydrogen-bond donors (Lipinski definition) is 1. The zero-order chi connectivity index (χ0) is 18.6. The van der Waals surface area contributed by atoms with E-state index in [2.05, 4.69) is 5.32 Å². The number of thiophene rings is 1. The second-order valence-electron chi connectivity index (χ2n) is 5.37. The Hall–Kier alpha value is -2.61. The average Bonchev–Trinajstić information content (AvgIpc) is 3.15. The fourth-order valence-electron chi connectivity index (χ4n) is 2.09. The maximum atomic E-state index is 12.3. The number of furan rings is 1. The fourth-order valence-corrected chi connectivity index (χ4v) is 3.16. The normalized spacial score (nSPS) is 10.6. The molecule has 0 unspecified atom stereocenters. The SMILES string of the molecule is CCOC(=O)c1c(NC(=O)c2ccco2)sc(C(=O)OC(C)C)c1C. The molecule has 134 valence electrons. The van der Waals surface area contributed by atoms with E-state index >= 15 is 0 Å². The summed E-state index contributed by atoms with van der Waals surface area (Å²) < 4.78 is 15.3. The van der Waals surface area contributed by atoms with E-state index in [1.807, 2.05) is 0 Å². The molecule has 25 heavy (non-hydrogen) atoms. The van der Waals surface area contributed by atoms with Gasteiger partial charge in [0.2, 0.25) is 0 Å². The summed E-state index contributed by atoms with van der Waals surface area (Å²) in [4.78, 5) is 37.0. The quantitative estimate of drug-likeness (QED) is 0.785. The predicted octanol–water partition coefficient (Wildman–Crippen LogP) is 3.64. The molecule has 0 aliphatic carbocycles. The number of carbonyl (C=O) groups excluding carboxylic acids is 3. The number of nitrogens with one attached hydrogen (secondary N) is 1. The minimum Gasteiger partial charge on any atom is -0.462 e. The maximum absolute atomic E-state index is 12.3. The molecule has 0 aliphatic heterocycles. The van der Waals surface area contributed by atoms with E-state index in [-0.39, 0.29) is 33.9 Å². The van der Waals surface area contributed by atoms with Crippen LogP contribution in [-0.2, 0) is 9.47 Å². The van der Waals surface area contributed by atoms with Crippen LogP contribution in [0.2, 0.25) is 0 Å². The van der Waals surface area contributed by atoms with E-state index in [4.69, 9.17) is 13.9 Å². The summed E-state index contributed by atoms with van der Waals surface area (Å²) in [6, 6.07) is 3.07. The fraction of sp³-hybridized carbons (Fsp3) is 0.353. The van der Waals surface area contributed by atoms with Crippen molar-refractivity contribution < 1.29 is 28.3 Å². The molecule has 0 fully saturated rings. The number of carbonyl (C=O) groups is 3. The van der Waals surface area contributed by atoms with Crippen LogP contribution in [0.1, 0.15) is 56.9 Å². The lowest BCUT2D eigenvalue weighted by Crippen LogP contribution is -2.14. The van der Waals surface area contributed by atoms with Gasteiger partial charge in [0.15, 0.2) is 5.76 Å². The third-order valence-corrected chi connectivity index (χ3v) is 4.31. The van der Waals surface area contributed by atoms with Crippen LogP contribution in [0, 0.1) is 6.92 Å². The van der Waals surface area contributed by atoms with E-state index in [0.29, 0.717) is 5.56 Å². The zero-order valence-electron chi connectivity index (χ0n) is 14.4. The van der Waals surface area contributed by atoms with Gasteiger partial charge in [0, 0.05) is 0 Å². The lowest BCUT2D eigenvalue weighted by atomic mass is 10.1. The predicted molar refractivity (Wildman–Crippen MR) is 92.2 cm³/mol. The van der Waals surface area contributed by atoms with Gasteiger partial charge in [0.25, 0.3) is 5.91 Å². The zero-order valence-corrected chi connectivity index (χ0v) is 15.2. The van der Waals surface area contributed by atoms with Gasteiger partial charge in [0.1, 0.15) is 9.88 Å². The van der Waals surface area contributed by atoms with Crippen molar-refractivity contribution in [2.75, 3.05) is 11.9 Å². The highest BCUT2D eigenvalue weighted by Crippen LogP contribution is 2.34. The molecule has 7 nitrogen and oxygen atoms in total. The standard InChI is InChI=1S/C17H19NO6S/c1-5-22-16(20)12-10(4)13(17(21)24-9(2)3)25-15(12)18-14(19)11-7-6-8-23-11/h6-9H,5H2,1-4H3,(H,18,19). The van der Waals surface area contributed by atoms with Gasteiger partial charge in [-0.15, -0.1) is 11.3 Å². The molecule has 0 atom stereocenters. The second-order valence-corrected chi connectivity index (χ2v) is 6.39. The van der Waals surface area contributed by atoms with Gasteiger partial charge in [-0.2, -0.15) is 0 Å². The van der Waals surface area contributed by atoms with Gasteiger partial charge in [0.05, 0.1) is 24.5 Å². The number of esters is 2. The van der Waals surface area contributed by atoms with Gasteiger partial charge in [-0.25, -0.2) is 9.59 Å². The third kappa shape index (κ3) is 4.27. The molecule has 8 heteroatoms. The Morgan fingerprint density at radius 1 is 1.28 bits per heavy atom. The topological polar surface area (TPSA) is 94.8 Å². The number of rotatable bonds is 6. The van der Waals surface area contributed by atoms with Crippen molar-refractivity contribution in [3.63, 3.8) is 0 Å². The summed E-state index contributed by atoms with van der Waals surface area (Å²) in [6.07, 6.45) is 1.06. The van der Waals surface area contributed by atoms with Crippen molar-refractivity contribution in [1.29, 1.82) is 0 Å². The molecule has 2 rings (SSSR count). The first-order valence-electron chi connectivity index (χ1n) is 7.71. The van der Waals surface area contributed by atoms with E-state index in [0.717, 1.165) is 11.3 Å². The Balaban J connectivity index is 2.40. The number of amides is 1. The molecule has 0 spiro atoms. The van der Waals surface area contributed by atoms with Crippen molar-refractivity contribution in [2.24, 2.45) is 0 Å². The molecule has 0 saturated carbocycles. The molecule has 0 saturated heterocycles. The Kier molecular flexibility index (Phi) is 5.97. The lowest BCUT2D eigenvalue weighted by molar-refractivity contribution is 0.0383. The molecule has 0 bridgehead atoms. The summed E-state index contributed by atoms with van der Waals surface area (Å²) >= 11 is 0.967. The summed E-state index contributed by atoms with van der Waals surface area (Å²) in [5, 5.41) is 2.81. The molecule has 2 aromatic heterocycles. The van der Waals surface area contributed by atoms with Crippen LogP contribution in [0.15, 0.2) is 22.8 Å². The van der Waals surface area contributed by atoms with Crippen LogP contribution in [0.5, 0.6) is 0 Å². The first-order chi connectivity index (χ1) is 11.8. The average molecular weight is 365 g/mol. The molecular formula is C17H19NO6S. The van der Waals surface area contributed by atoms with Crippen LogP contribution in [0.25, 0.3) is 0 Å². The third-order valence-electron chi connectivity index (χ3n) is 3.13. The number of anilines is 1. The monoisotopic (exact) mass is 365 g/mol. The van der Waals surface area contributed by atoms with Gasteiger partial charge in [-0.1, -0.05) is 0 Å². The molecule has 2 heterocycles. The lowest BCUT2D eigenvalue weighted by Gasteiger charge is -2.07. The van der Waals surface area contributed by atoms with Crippen molar-refractivity contribution in [3.05, 3.63) is 40.2 Å². The molecule has 0 radical (unpaired) electrons. The molecule has 1 amide bonds. The van der Waals surface area contributed by atoms with Crippen LogP contribution < -0.4 is 5.32 Å². The first kappa shape index (κ1) is 18.7. The van der Waals surface area contributed by atoms with Gasteiger partial charge in [-0.05, 0) is 45.4 Å². The van der Waals surface area contributed by atoms with Gasteiger partial charge in [-0.3, -0.25) is 4.79 Å². The van der Waals surface area contributed by atoms with Crippen LogP contribution in [0.3, 0.4) is 0 Å². The smallest absolute Gasteiger partial charge is 0.348 e.